The SMILES string of the molecule is CNC1(c2c(NC(=O)Nc3cnc(N4N=CCN4)c(Cl)c3)cnc3cc(Cl)nn23)CC1. The minimum atomic E-state index is -0.463. The number of hydrazine groups is 1. The van der Waals surface area contributed by atoms with Gasteiger partial charge in [0.1, 0.15) is 0 Å². The zero-order chi connectivity index (χ0) is 21.6. The standard InChI is InChI=1S/C18H18Cl2N10O/c1-21-18(2-3-18)15-12(9-22-14-7-13(20)28-29(14)15)27-17(31)26-10-6-11(19)16(23-8-10)30-24-4-5-25-30/h4,6-9,21,25H,2-3,5H2,1H3,(H2,26,27,31). The maximum absolute atomic E-state index is 12.7. The molecule has 31 heavy (non-hydrogen) atoms. The van der Waals surface area contributed by atoms with Crippen LogP contribution in [0, 0.1) is 0 Å². The summed E-state index contributed by atoms with van der Waals surface area (Å²) in [5.41, 5.74) is 5.06. The number of nitrogens with zero attached hydrogens (tertiary/aromatic N) is 6. The van der Waals surface area contributed by atoms with Crippen molar-refractivity contribution in [1.82, 2.24) is 30.3 Å². The van der Waals surface area contributed by atoms with Gasteiger partial charge in [0, 0.05) is 12.3 Å². The highest BCUT2D eigenvalue weighted by molar-refractivity contribution is 6.33. The zero-order valence-electron chi connectivity index (χ0n) is 16.4. The number of amides is 2. The fourth-order valence-corrected chi connectivity index (χ4v) is 3.97. The fraction of sp³-hybridized carbons (Fsp3) is 0.278. The first-order chi connectivity index (χ1) is 15.0. The molecule has 11 nitrogen and oxygen atoms in total. The Kier molecular flexibility index (Phi) is 4.89. The minimum Gasteiger partial charge on any atom is -0.309 e. The largest absolute Gasteiger partial charge is 0.323 e. The van der Waals surface area contributed by atoms with E-state index in [2.05, 4.69) is 41.5 Å². The summed E-state index contributed by atoms with van der Waals surface area (Å²) in [6.45, 7) is 0.594. The molecule has 1 aliphatic heterocycles. The molecule has 0 bridgehead atoms. The topological polar surface area (TPSA) is 124 Å². The van der Waals surface area contributed by atoms with Crippen LogP contribution in [-0.4, -0.2) is 45.4 Å². The van der Waals surface area contributed by atoms with E-state index in [0.29, 0.717) is 39.6 Å². The number of pyridine rings is 1. The number of hydrazone groups is 1. The van der Waals surface area contributed by atoms with Gasteiger partial charge in [0.25, 0.3) is 0 Å². The Morgan fingerprint density at radius 1 is 1.19 bits per heavy atom. The number of hydrogen-bond acceptors (Lipinski definition) is 8. The van der Waals surface area contributed by atoms with Crippen molar-refractivity contribution in [3.63, 3.8) is 0 Å². The molecule has 2 aliphatic rings. The Morgan fingerprint density at radius 3 is 2.71 bits per heavy atom. The van der Waals surface area contributed by atoms with Crippen LogP contribution in [-0.2, 0) is 5.54 Å². The second kappa shape index (κ2) is 7.61. The van der Waals surface area contributed by atoms with Crippen LogP contribution < -0.4 is 26.5 Å². The molecule has 13 heteroatoms. The van der Waals surface area contributed by atoms with E-state index in [1.54, 1.807) is 29.1 Å². The maximum atomic E-state index is 12.7. The second-order valence-electron chi connectivity index (χ2n) is 7.17. The summed E-state index contributed by atoms with van der Waals surface area (Å²) in [6, 6.07) is 2.82. The van der Waals surface area contributed by atoms with Gasteiger partial charge in [0.2, 0.25) is 0 Å². The molecular formula is C18H18Cl2N10O. The number of urea groups is 1. The molecule has 160 valence electrons. The van der Waals surface area contributed by atoms with Crippen LogP contribution in [0.3, 0.4) is 0 Å². The van der Waals surface area contributed by atoms with Gasteiger partial charge in [-0.15, -0.1) is 0 Å². The molecule has 4 N–H and O–H groups in total. The van der Waals surface area contributed by atoms with Crippen LogP contribution in [0.1, 0.15) is 18.5 Å². The Morgan fingerprint density at radius 2 is 2.03 bits per heavy atom. The molecule has 5 rings (SSSR count). The summed E-state index contributed by atoms with van der Waals surface area (Å²) in [5, 5.41) is 19.5. The van der Waals surface area contributed by atoms with Gasteiger partial charge in [-0.1, -0.05) is 23.2 Å². The first kappa shape index (κ1) is 19.9. The van der Waals surface area contributed by atoms with Crippen molar-refractivity contribution in [2.75, 3.05) is 29.3 Å². The van der Waals surface area contributed by atoms with Gasteiger partial charge in [0.05, 0.1) is 46.6 Å². The lowest BCUT2D eigenvalue weighted by Crippen LogP contribution is -2.31. The third-order valence-corrected chi connectivity index (χ3v) is 5.66. The molecule has 4 heterocycles. The normalized spacial score (nSPS) is 16.7. The number of nitrogens with one attached hydrogen (secondary N) is 4. The molecule has 3 aromatic heterocycles. The molecule has 0 atom stereocenters. The van der Waals surface area contributed by atoms with Crippen LogP contribution in [0.15, 0.2) is 29.6 Å². The van der Waals surface area contributed by atoms with Crippen molar-refractivity contribution >= 4 is 58.3 Å². The van der Waals surface area contributed by atoms with E-state index >= 15 is 0 Å². The molecule has 0 unspecified atom stereocenters. The average Bonchev–Trinajstić information content (AvgIpc) is 3.14. The average molecular weight is 461 g/mol. The molecule has 0 radical (unpaired) electrons. The van der Waals surface area contributed by atoms with Gasteiger partial charge >= 0.3 is 6.03 Å². The van der Waals surface area contributed by atoms with Crippen molar-refractivity contribution < 1.29 is 4.79 Å². The van der Waals surface area contributed by atoms with Crippen molar-refractivity contribution in [3.05, 3.63) is 40.4 Å². The highest BCUT2D eigenvalue weighted by atomic mass is 35.5. The number of fused-ring (bicyclic) bond motifs is 1. The number of hydrogen-bond donors (Lipinski definition) is 4. The Labute approximate surface area is 186 Å². The van der Waals surface area contributed by atoms with Crippen molar-refractivity contribution in [2.24, 2.45) is 5.10 Å². The lowest BCUT2D eigenvalue weighted by molar-refractivity contribution is 0.262. The van der Waals surface area contributed by atoms with Crippen molar-refractivity contribution in [3.8, 4) is 0 Å². The van der Waals surface area contributed by atoms with Gasteiger partial charge in [-0.3, -0.25) is 0 Å². The first-order valence-corrected chi connectivity index (χ1v) is 10.3. The van der Waals surface area contributed by atoms with E-state index in [-0.39, 0.29) is 5.54 Å². The Hall–Kier alpha value is -2.99. The Balaban J connectivity index is 1.39. The van der Waals surface area contributed by atoms with E-state index < -0.39 is 6.03 Å². The highest BCUT2D eigenvalue weighted by Gasteiger charge is 2.47. The number of carbonyl (C=O) groups is 1. The van der Waals surface area contributed by atoms with Gasteiger partial charge < -0.3 is 16.0 Å². The molecule has 1 saturated carbocycles. The summed E-state index contributed by atoms with van der Waals surface area (Å²) in [5.74, 6) is 0.443. The predicted molar refractivity (Wildman–Crippen MR) is 119 cm³/mol. The lowest BCUT2D eigenvalue weighted by atomic mass is 10.1. The molecule has 3 aromatic rings. The van der Waals surface area contributed by atoms with E-state index in [9.17, 15) is 4.79 Å². The van der Waals surface area contributed by atoms with Crippen molar-refractivity contribution in [1.29, 1.82) is 0 Å². The van der Waals surface area contributed by atoms with Gasteiger partial charge in [-0.05, 0) is 26.0 Å². The van der Waals surface area contributed by atoms with Crippen LogP contribution in [0.5, 0.6) is 0 Å². The monoisotopic (exact) mass is 460 g/mol. The molecule has 2 amide bonds. The van der Waals surface area contributed by atoms with Crippen LogP contribution in [0.4, 0.5) is 22.0 Å². The van der Waals surface area contributed by atoms with Gasteiger partial charge in [-0.2, -0.15) is 15.3 Å². The van der Waals surface area contributed by atoms with Crippen LogP contribution in [0.25, 0.3) is 5.65 Å². The highest BCUT2D eigenvalue weighted by Crippen LogP contribution is 2.47. The van der Waals surface area contributed by atoms with E-state index in [1.165, 1.54) is 11.3 Å². The van der Waals surface area contributed by atoms with E-state index in [1.807, 2.05) is 7.05 Å². The molecule has 0 saturated heterocycles. The van der Waals surface area contributed by atoms with Crippen molar-refractivity contribution in [2.45, 2.75) is 18.4 Å². The quantitative estimate of drug-likeness (QED) is 0.461. The lowest BCUT2D eigenvalue weighted by Gasteiger charge is -2.20. The third kappa shape index (κ3) is 3.65. The van der Waals surface area contributed by atoms with Gasteiger partial charge in [0.15, 0.2) is 16.6 Å². The van der Waals surface area contributed by atoms with E-state index in [4.69, 9.17) is 23.2 Å². The number of carbonyl (C=O) groups excluding carboxylic acids is 1. The zero-order valence-corrected chi connectivity index (χ0v) is 17.9. The summed E-state index contributed by atoms with van der Waals surface area (Å²) in [7, 11) is 1.88. The Bertz CT molecular complexity index is 1210. The molecular weight excluding hydrogens is 443 g/mol. The first-order valence-electron chi connectivity index (χ1n) is 9.52. The smallest absolute Gasteiger partial charge is 0.309 e. The van der Waals surface area contributed by atoms with Crippen LogP contribution >= 0.6 is 23.2 Å². The fourth-order valence-electron chi connectivity index (χ4n) is 3.55. The molecule has 1 fully saturated rings. The summed E-state index contributed by atoms with van der Waals surface area (Å²) in [6.07, 6.45) is 6.62. The predicted octanol–water partition coefficient (Wildman–Crippen LogP) is 2.59. The third-order valence-electron chi connectivity index (χ3n) is 5.19. The number of aromatic nitrogens is 4. The van der Waals surface area contributed by atoms with Crippen LogP contribution in [0.2, 0.25) is 10.2 Å². The molecule has 0 aromatic carbocycles. The summed E-state index contributed by atoms with van der Waals surface area (Å²) >= 11 is 12.4. The molecule has 0 spiro atoms. The summed E-state index contributed by atoms with van der Waals surface area (Å²) in [4.78, 5) is 21.3. The maximum Gasteiger partial charge on any atom is 0.323 e. The number of halogens is 2. The number of anilines is 3. The summed E-state index contributed by atoms with van der Waals surface area (Å²) < 4.78 is 1.66. The van der Waals surface area contributed by atoms with Gasteiger partial charge in [-0.25, -0.2) is 24.7 Å². The van der Waals surface area contributed by atoms with E-state index in [0.717, 1.165) is 18.5 Å². The number of rotatable bonds is 5. The molecule has 1 aliphatic carbocycles. The minimum absolute atomic E-state index is 0.297. The second-order valence-corrected chi connectivity index (χ2v) is 7.96.